The van der Waals surface area contributed by atoms with Crippen molar-refractivity contribution >= 4 is 17.7 Å². The maximum absolute atomic E-state index is 11.3. The standard InChI is InChI=1S/C11H14ClNO2/c1-3-15-11(14)13(2)8-9-5-4-6-10(12)7-9/h4-7H,3,8H2,1-2H3. The number of rotatable bonds is 3. The molecular weight excluding hydrogens is 214 g/mol. The van der Waals surface area contributed by atoms with Gasteiger partial charge in [-0.25, -0.2) is 4.79 Å². The van der Waals surface area contributed by atoms with Gasteiger partial charge in [-0.3, -0.25) is 0 Å². The number of benzene rings is 1. The number of amides is 1. The highest BCUT2D eigenvalue weighted by molar-refractivity contribution is 6.30. The van der Waals surface area contributed by atoms with Crippen molar-refractivity contribution in [2.75, 3.05) is 13.7 Å². The highest BCUT2D eigenvalue weighted by atomic mass is 35.5. The molecule has 0 heterocycles. The summed E-state index contributed by atoms with van der Waals surface area (Å²) in [6.45, 7) is 2.67. The highest BCUT2D eigenvalue weighted by Gasteiger charge is 2.09. The molecule has 1 amide bonds. The molecule has 1 aromatic carbocycles. The van der Waals surface area contributed by atoms with E-state index in [2.05, 4.69) is 0 Å². The molecule has 0 radical (unpaired) electrons. The first-order chi connectivity index (χ1) is 7.13. The van der Waals surface area contributed by atoms with Crippen molar-refractivity contribution in [1.29, 1.82) is 0 Å². The van der Waals surface area contributed by atoms with Crippen molar-refractivity contribution < 1.29 is 9.53 Å². The van der Waals surface area contributed by atoms with Crippen molar-refractivity contribution in [2.24, 2.45) is 0 Å². The molecule has 0 saturated carbocycles. The van der Waals surface area contributed by atoms with Gasteiger partial charge in [0.2, 0.25) is 0 Å². The van der Waals surface area contributed by atoms with Gasteiger partial charge >= 0.3 is 6.09 Å². The average Bonchev–Trinajstić information content (AvgIpc) is 2.18. The Morgan fingerprint density at radius 1 is 1.53 bits per heavy atom. The van der Waals surface area contributed by atoms with E-state index in [4.69, 9.17) is 16.3 Å². The zero-order chi connectivity index (χ0) is 11.3. The molecule has 4 heteroatoms. The normalized spacial score (nSPS) is 9.80. The molecule has 82 valence electrons. The van der Waals surface area contributed by atoms with Gasteiger partial charge in [0.1, 0.15) is 0 Å². The summed E-state index contributed by atoms with van der Waals surface area (Å²) in [5.74, 6) is 0. The van der Waals surface area contributed by atoms with Crippen LogP contribution in [0.4, 0.5) is 4.79 Å². The zero-order valence-corrected chi connectivity index (χ0v) is 9.62. The Morgan fingerprint density at radius 3 is 2.87 bits per heavy atom. The van der Waals surface area contributed by atoms with Gasteiger partial charge in [-0.1, -0.05) is 23.7 Å². The van der Waals surface area contributed by atoms with E-state index in [-0.39, 0.29) is 6.09 Å². The number of halogens is 1. The molecular formula is C11H14ClNO2. The molecule has 0 bridgehead atoms. The summed E-state index contributed by atoms with van der Waals surface area (Å²) in [7, 11) is 1.69. The van der Waals surface area contributed by atoms with Crippen LogP contribution in [0, 0.1) is 0 Å². The summed E-state index contributed by atoms with van der Waals surface area (Å²) < 4.78 is 4.86. The van der Waals surface area contributed by atoms with Crippen molar-refractivity contribution in [1.82, 2.24) is 4.90 Å². The third-order valence-corrected chi connectivity index (χ3v) is 2.12. The third kappa shape index (κ3) is 3.80. The van der Waals surface area contributed by atoms with Gasteiger partial charge in [0.15, 0.2) is 0 Å². The molecule has 0 fully saturated rings. The Hall–Kier alpha value is -1.22. The Balaban J connectivity index is 2.58. The predicted molar refractivity (Wildman–Crippen MR) is 59.9 cm³/mol. The number of nitrogens with zero attached hydrogens (tertiary/aromatic N) is 1. The molecule has 1 rings (SSSR count). The molecule has 0 saturated heterocycles. The largest absolute Gasteiger partial charge is 0.450 e. The number of ether oxygens (including phenoxy) is 1. The van der Waals surface area contributed by atoms with E-state index < -0.39 is 0 Å². The summed E-state index contributed by atoms with van der Waals surface area (Å²) in [5.41, 5.74) is 0.984. The van der Waals surface area contributed by atoms with Crippen LogP contribution in [0.3, 0.4) is 0 Å². The van der Waals surface area contributed by atoms with Crippen molar-refractivity contribution in [3.05, 3.63) is 34.9 Å². The van der Waals surface area contributed by atoms with Crippen LogP contribution in [-0.4, -0.2) is 24.6 Å². The Bertz CT molecular complexity index is 341. The molecule has 0 aliphatic heterocycles. The number of hydrogen-bond donors (Lipinski definition) is 0. The average molecular weight is 228 g/mol. The molecule has 0 unspecified atom stereocenters. The fourth-order valence-corrected chi connectivity index (χ4v) is 1.42. The minimum absolute atomic E-state index is 0.322. The summed E-state index contributed by atoms with van der Waals surface area (Å²) in [4.78, 5) is 12.8. The Kier molecular flexibility index (Phi) is 4.43. The minimum Gasteiger partial charge on any atom is -0.450 e. The molecule has 3 nitrogen and oxygen atoms in total. The first-order valence-electron chi connectivity index (χ1n) is 4.75. The van der Waals surface area contributed by atoms with Crippen molar-refractivity contribution in [3.63, 3.8) is 0 Å². The van der Waals surface area contributed by atoms with Gasteiger partial charge in [0, 0.05) is 18.6 Å². The van der Waals surface area contributed by atoms with Crippen LogP contribution in [0.25, 0.3) is 0 Å². The lowest BCUT2D eigenvalue weighted by Crippen LogP contribution is -2.26. The van der Waals surface area contributed by atoms with Gasteiger partial charge in [0.25, 0.3) is 0 Å². The van der Waals surface area contributed by atoms with Gasteiger partial charge in [-0.2, -0.15) is 0 Å². The number of carbonyl (C=O) groups is 1. The minimum atomic E-state index is -0.322. The molecule has 0 aromatic heterocycles. The molecule has 15 heavy (non-hydrogen) atoms. The van der Waals surface area contributed by atoms with Crippen LogP contribution in [0.2, 0.25) is 5.02 Å². The second-order valence-corrected chi connectivity index (χ2v) is 3.62. The second kappa shape index (κ2) is 5.61. The smallest absolute Gasteiger partial charge is 0.409 e. The Labute approximate surface area is 94.6 Å². The quantitative estimate of drug-likeness (QED) is 0.795. The van der Waals surface area contributed by atoms with Crippen LogP contribution in [-0.2, 0) is 11.3 Å². The fraction of sp³-hybridized carbons (Fsp3) is 0.364. The fourth-order valence-electron chi connectivity index (χ4n) is 1.21. The topological polar surface area (TPSA) is 29.5 Å². The maximum atomic E-state index is 11.3. The maximum Gasteiger partial charge on any atom is 0.409 e. The van der Waals surface area contributed by atoms with E-state index >= 15 is 0 Å². The lowest BCUT2D eigenvalue weighted by atomic mass is 10.2. The molecule has 0 atom stereocenters. The molecule has 1 aromatic rings. The first-order valence-corrected chi connectivity index (χ1v) is 5.13. The van der Waals surface area contributed by atoms with E-state index in [1.165, 1.54) is 4.90 Å². The number of carbonyl (C=O) groups excluding carboxylic acids is 1. The lowest BCUT2D eigenvalue weighted by Gasteiger charge is -2.16. The molecule has 0 spiro atoms. The SMILES string of the molecule is CCOC(=O)N(C)Cc1cccc(Cl)c1. The van der Waals surface area contributed by atoms with Crippen LogP contribution in [0.1, 0.15) is 12.5 Å². The Morgan fingerprint density at radius 2 is 2.27 bits per heavy atom. The predicted octanol–water partition coefficient (Wildman–Crippen LogP) is 2.93. The second-order valence-electron chi connectivity index (χ2n) is 3.18. The van der Waals surface area contributed by atoms with E-state index in [0.29, 0.717) is 18.2 Å². The summed E-state index contributed by atoms with van der Waals surface area (Å²) in [6, 6.07) is 7.41. The number of hydrogen-bond acceptors (Lipinski definition) is 2. The van der Waals surface area contributed by atoms with Gasteiger partial charge in [-0.15, -0.1) is 0 Å². The van der Waals surface area contributed by atoms with E-state index in [0.717, 1.165) is 5.56 Å². The van der Waals surface area contributed by atoms with Crippen LogP contribution < -0.4 is 0 Å². The monoisotopic (exact) mass is 227 g/mol. The van der Waals surface area contributed by atoms with Crippen molar-refractivity contribution in [3.8, 4) is 0 Å². The van der Waals surface area contributed by atoms with Gasteiger partial charge < -0.3 is 9.64 Å². The lowest BCUT2D eigenvalue weighted by molar-refractivity contribution is 0.114. The van der Waals surface area contributed by atoms with Crippen LogP contribution in [0.5, 0.6) is 0 Å². The van der Waals surface area contributed by atoms with Gasteiger partial charge in [-0.05, 0) is 24.6 Å². The van der Waals surface area contributed by atoms with Crippen molar-refractivity contribution in [2.45, 2.75) is 13.5 Å². The molecule has 0 aliphatic rings. The van der Waals surface area contributed by atoms with Crippen LogP contribution in [0.15, 0.2) is 24.3 Å². The molecule has 0 N–H and O–H groups in total. The highest BCUT2D eigenvalue weighted by Crippen LogP contribution is 2.12. The molecule has 0 aliphatic carbocycles. The zero-order valence-electron chi connectivity index (χ0n) is 8.87. The van der Waals surface area contributed by atoms with Gasteiger partial charge in [0.05, 0.1) is 6.61 Å². The van der Waals surface area contributed by atoms with E-state index in [1.807, 2.05) is 18.2 Å². The van der Waals surface area contributed by atoms with E-state index in [9.17, 15) is 4.79 Å². The summed E-state index contributed by atoms with van der Waals surface area (Å²) in [5, 5.41) is 0.671. The van der Waals surface area contributed by atoms with Crippen LogP contribution >= 0.6 is 11.6 Å². The third-order valence-electron chi connectivity index (χ3n) is 1.89. The first kappa shape index (κ1) is 11.9. The van der Waals surface area contributed by atoms with E-state index in [1.54, 1.807) is 20.0 Å². The summed E-state index contributed by atoms with van der Waals surface area (Å²) in [6.07, 6.45) is -0.322. The summed E-state index contributed by atoms with van der Waals surface area (Å²) >= 11 is 5.83.